The number of thiazole rings is 1. The number of Topliss-reactive ketones (excluding diaryl/α,β-unsaturated/α-hetero) is 1. The van der Waals surface area contributed by atoms with Crippen molar-refractivity contribution < 1.29 is 24.2 Å². The Labute approximate surface area is 195 Å². The Morgan fingerprint density at radius 3 is 2.45 bits per heavy atom. The molecule has 0 saturated carbocycles. The van der Waals surface area contributed by atoms with Crippen LogP contribution in [-0.2, 0) is 9.53 Å². The summed E-state index contributed by atoms with van der Waals surface area (Å²) in [5.41, 5.74) is 2.20. The van der Waals surface area contributed by atoms with Crippen molar-refractivity contribution in [3.63, 3.8) is 0 Å². The fraction of sp³-hybridized carbons (Fsp3) is 0.240. The number of methoxy groups -OCH3 is 2. The summed E-state index contributed by atoms with van der Waals surface area (Å²) < 4.78 is 10.4. The molecule has 1 aliphatic heterocycles. The van der Waals surface area contributed by atoms with Gasteiger partial charge in [-0.15, -0.1) is 11.3 Å². The molecule has 1 atom stereocenters. The standard InChI is InChI=1S/C25H24N2O5S/c1-15-23(33-24(26-15)17-7-5-4-6-8-17)21(28)19-20(16-9-11-18(32-3)12-10-16)27(13-14-31-2)25(30)22(19)29/h4-12,20,29H,13-14H2,1-3H3. The Hall–Kier alpha value is -3.49. The number of ketones is 1. The Morgan fingerprint density at radius 2 is 1.82 bits per heavy atom. The third-order valence-corrected chi connectivity index (χ3v) is 6.74. The molecule has 4 rings (SSSR count). The van der Waals surface area contributed by atoms with Crippen molar-refractivity contribution in [1.82, 2.24) is 9.88 Å². The number of aliphatic hydroxyl groups excluding tert-OH is 1. The topological polar surface area (TPSA) is 89.0 Å². The van der Waals surface area contributed by atoms with E-state index in [0.717, 1.165) is 5.56 Å². The third-order valence-electron chi connectivity index (χ3n) is 5.54. The zero-order valence-corrected chi connectivity index (χ0v) is 19.4. The van der Waals surface area contributed by atoms with Crippen LogP contribution in [0.4, 0.5) is 0 Å². The van der Waals surface area contributed by atoms with Gasteiger partial charge in [-0.25, -0.2) is 4.98 Å². The van der Waals surface area contributed by atoms with Crippen LogP contribution in [0, 0.1) is 6.92 Å². The number of carbonyl (C=O) groups excluding carboxylic acids is 2. The molecule has 0 saturated heterocycles. The zero-order chi connectivity index (χ0) is 23.5. The van der Waals surface area contributed by atoms with E-state index in [1.54, 1.807) is 38.3 Å². The van der Waals surface area contributed by atoms with Crippen molar-refractivity contribution in [2.45, 2.75) is 13.0 Å². The fourth-order valence-electron chi connectivity index (χ4n) is 3.87. The van der Waals surface area contributed by atoms with Crippen LogP contribution < -0.4 is 4.74 Å². The van der Waals surface area contributed by atoms with Gasteiger partial charge in [-0.1, -0.05) is 42.5 Å². The molecule has 7 nitrogen and oxygen atoms in total. The summed E-state index contributed by atoms with van der Waals surface area (Å²) in [5, 5.41) is 11.5. The Balaban J connectivity index is 1.77. The van der Waals surface area contributed by atoms with E-state index in [2.05, 4.69) is 4.98 Å². The highest BCUT2D eigenvalue weighted by Crippen LogP contribution is 2.41. The second-order valence-corrected chi connectivity index (χ2v) is 8.56. The largest absolute Gasteiger partial charge is 0.503 e. The molecule has 1 aliphatic rings. The molecular weight excluding hydrogens is 440 g/mol. The quantitative estimate of drug-likeness (QED) is 0.499. The van der Waals surface area contributed by atoms with Crippen molar-refractivity contribution in [3.05, 3.63) is 82.1 Å². The second kappa shape index (κ2) is 9.56. The zero-order valence-electron chi connectivity index (χ0n) is 18.6. The highest BCUT2D eigenvalue weighted by molar-refractivity contribution is 7.17. The van der Waals surface area contributed by atoms with E-state index in [9.17, 15) is 14.7 Å². The van der Waals surface area contributed by atoms with Crippen molar-refractivity contribution in [2.24, 2.45) is 0 Å². The summed E-state index contributed by atoms with van der Waals surface area (Å²) in [5.74, 6) is -0.884. The summed E-state index contributed by atoms with van der Waals surface area (Å²) in [6.45, 7) is 2.25. The monoisotopic (exact) mass is 464 g/mol. The number of aromatic nitrogens is 1. The smallest absolute Gasteiger partial charge is 0.290 e. The van der Waals surface area contributed by atoms with Crippen molar-refractivity contribution >= 4 is 23.0 Å². The number of benzene rings is 2. The first-order valence-corrected chi connectivity index (χ1v) is 11.2. The van der Waals surface area contributed by atoms with Crippen LogP contribution in [0.25, 0.3) is 10.6 Å². The fourth-order valence-corrected chi connectivity index (χ4v) is 4.90. The lowest BCUT2D eigenvalue weighted by Gasteiger charge is -2.26. The predicted octanol–water partition coefficient (Wildman–Crippen LogP) is 4.35. The van der Waals surface area contributed by atoms with Gasteiger partial charge in [0.05, 0.1) is 35.9 Å². The molecule has 0 aliphatic carbocycles. The van der Waals surface area contributed by atoms with Gasteiger partial charge in [0.1, 0.15) is 10.8 Å². The molecule has 1 N–H and O–H groups in total. The highest BCUT2D eigenvalue weighted by atomic mass is 32.1. The second-order valence-electron chi connectivity index (χ2n) is 7.56. The summed E-state index contributed by atoms with van der Waals surface area (Å²) >= 11 is 1.25. The van der Waals surface area contributed by atoms with E-state index in [-0.39, 0.29) is 18.7 Å². The number of ether oxygens (including phenoxy) is 2. The minimum absolute atomic E-state index is 0.0487. The molecule has 2 aromatic carbocycles. The lowest BCUT2D eigenvalue weighted by molar-refractivity contribution is -0.130. The lowest BCUT2D eigenvalue weighted by atomic mass is 9.95. The number of aliphatic hydroxyl groups is 1. The molecule has 1 amide bonds. The third kappa shape index (κ3) is 4.27. The van der Waals surface area contributed by atoms with Crippen molar-refractivity contribution in [2.75, 3.05) is 27.4 Å². The molecule has 0 spiro atoms. The van der Waals surface area contributed by atoms with Crippen molar-refractivity contribution in [1.29, 1.82) is 0 Å². The maximum Gasteiger partial charge on any atom is 0.290 e. The number of rotatable bonds is 8. The first-order chi connectivity index (χ1) is 16.0. The first kappa shape index (κ1) is 22.7. The molecule has 1 aromatic heterocycles. The number of amides is 1. The van der Waals surface area contributed by atoms with E-state index >= 15 is 0 Å². The minimum atomic E-state index is -0.743. The van der Waals surface area contributed by atoms with Crippen molar-refractivity contribution in [3.8, 4) is 16.3 Å². The molecule has 170 valence electrons. The molecule has 0 bridgehead atoms. The normalized spacial score (nSPS) is 15.9. The Kier molecular flexibility index (Phi) is 6.57. The van der Waals surface area contributed by atoms with E-state index in [1.165, 1.54) is 23.3 Å². The molecule has 0 radical (unpaired) electrons. The molecular formula is C25H24N2O5S. The summed E-state index contributed by atoms with van der Waals surface area (Å²) in [6.07, 6.45) is 0. The van der Waals surface area contributed by atoms with Gasteiger partial charge in [0.15, 0.2) is 5.76 Å². The summed E-state index contributed by atoms with van der Waals surface area (Å²) in [6, 6.07) is 15.9. The van der Waals surface area contributed by atoms with Gasteiger partial charge in [-0.05, 0) is 24.6 Å². The van der Waals surface area contributed by atoms with Crippen LogP contribution in [-0.4, -0.2) is 54.1 Å². The van der Waals surface area contributed by atoms with E-state index in [0.29, 0.717) is 26.9 Å². The number of carbonyl (C=O) groups is 2. The van der Waals surface area contributed by atoms with E-state index < -0.39 is 23.5 Å². The summed E-state index contributed by atoms with van der Waals surface area (Å²) in [7, 11) is 3.10. The highest BCUT2D eigenvalue weighted by Gasteiger charge is 2.44. The van der Waals surface area contributed by atoms with Gasteiger partial charge in [0.2, 0.25) is 5.78 Å². The van der Waals surface area contributed by atoms with Gasteiger partial charge in [0.25, 0.3) is 5.91 Å². The van der Waals surface area contributed by atoms with Crippen LogP contribution in [0.15, 0.2) is 65.9 Å². The number of nitrogens with zero attached hydrogens (tertiary/aromatic N) is 2. The van der Waals surface area contributed by atoms with Gasteiger partial charge in [0, 0.05) is 19.2 Å². The first-order valence-electron chi connectivity index (χ1n) is 10.4. The average Bonchev–Trinajstić information content (AvgIpc) is 3.35. The van der Waals surface area contributed by atoms with Crippen LogP contribution in [0.5, 0.6) is 5.75 Å². The molecule has 3 aromatic rings. The summed E-state index contributed by atoms with van der Waals surface area (Å²) in [4.78, 5) is 33.1. The SMILES string of the molecule is COCCN1C(=O)C(O)=C(C(=O)c2sc(-c3ccccc3)nc2C)C1c1ccc(OC)cc1. The van der Waals surface area contributed by atoms with Gasteiger partial charge < -0.3 is 19.5 Å². The molecule has 8 heteroatoms. The Morgan fingerprint density at radius 1 is 1.12 bits per heavy atom. The van der Waals surface area contributed by atoms with Crippen LogP contribution in [0.2, 0.25) is 0 Å². The van der Waals surface area contributed by atoms with Gasteiger partial charge >= 0.3 is 0 Å². The van der Waals surface area contributed by atoms with E-state index in [1.807, 2.05) is 30.3 Å². The van der Waals surface area contributed by atoms with Crippen LogP contribution >= 0.6 is 11.3 Å². The maximum absolute atomic E-state index is 13.7. The molecule has 0 fully saturated rings. The molecule has 2 heterocycles. The Bertz CT molecular complexity index is 1200. The van der Waals surface area contributed by atoms with Gasteiger partial charge in [-0.2, -0.15) is 0 Å². The maximum atomic E-state index is 13.7. The minimum Gasteiger partial charge on any atom is -0.503 e. The molecule has 1 unspecified atom stereocenters. The average molecular weight is 465 g/mol. The van der Waals surface area contributed by atoms with Crippen LogP contribution in [0.3, 0.4) is 0 Å². The molecule has 33 heavy (non-hydrogen) atoms. The number of hydrogen-bond acceptors (Lipinski definition) is 7. The van der Waals surface area contributed by atoms with Crippen LogP contribution in [0.1, 0.15) is 27.0 Å². The van der Waals surface area contributed by atoms with E-state index in [4.69, 9.17) is 9.47 Å². The predicted molar refractivity (Wildman–Crippen MR) is 126 cm³/mol. The van der Waals surface area contributed by atoms with Gasteiger partial charge in [-0.3, -0.25) is 9.59 Å². The lowest BCUT2D eigenvalue weighted by Crippen LogP contribution is -2.34. The number of aryl methyl sites for hydroxylation is 1. The number of hydrogen-bond donors (Lipinski definition) is 1.